The van der Waals surface area contributed by atoms with E-state index in [0.717, 1.165) is 11.3 Å². The Bertz CT molecular complexity index is 891. The number of methoxy groups -OCH3 is 1. The van der Waals surface area contributed by atoms with Crippen LogP contribution in [0, 0.1) is 0 Å². The van der Waals surface area contributed by atoms with Gasteiger partial charge in [-0.1, -0.05) is 12.1 Å². The number of imide groups is 1. The molecule has 0 N–H and O–H groups in total. The first-order chi connectivity index (χ1) is 12.6. The van der Waals surface area contributed by atoms with E-state index in [0.29, 0.717) is 35.5 Å². The van der Waals surface area contributed by atoms with Crippen molar-refractivity contribution in [3.05, 3.63) is 59.7 Å². The van der Waals surface area contributed by atoms with Gasteiger partial charge >= 0.3 is 0 Å². The van der Waals surface area contributed by atoms with Crippen LogP contribution in [-0.4, -0.2) is 42.3 Å². The number of carbonyl (C=O) groups excluding carboxylic acids is 3. The average molecular weight is 350 g/mol. The molecule has 0 radical (unpaired) electrons. The molecule has 2 aromatic carbocycles. The summed E-state index contributed by atoms with van der Waals surface area (Å²) in [6, 6.07) is 12.8. The van der Waals surface area contributed by atoms with Crippen molar-refractivity contribution in [1.82, 2.24) is 4.90 Å². The van der Waals surface area contributed by atoms with Crippen molar-refractivity contribution in [3.8, 4) is 5.75 Å². The van der Waals surface area contributed by atoms with Crippen molar-refractivity contribution in [1.29, 1.82) is 0 Å². The Labute approximate surface area is 151 Å². The van der Waals surface area contributed by atoms with E-state index in [1.807, 2.05) is 0 Å². The summed E-state index contributed by atoms with van der Waals surface area (Å²) in [5, 5.41) is 0. The third-order valence-corrected chi connectivity index (χ3v) is 4.93. The summed E-state index contributed by atoms with van der Waals surface area (Å²) in [6.45, 7) is 0.536. The molecule has 3 amide bonds. The van der Waals surface area contributed by atoms with E-state index >= 15 is 0 Å². The molecule has 6 heteroatoms. The Morgan fingerprint density at radius 1 is 1.08 bits per heavy atom. The molecule has 132 valence electrons. The van der Waals surface area contributed by atoms with Gasteiger partial charge in [0.2, 0.25) is 0 Å². The number of fused-ring (bicyclic) bond motifs is 2. The van der Waals surface area contributed by atoms with Gasteiger partial charge in [0.1, 0.15) is 11.8 Å². The summed E-state index contributed by atoms with van der Waals surface area (Å²) in [5.41, 5.74) is 1.10. The predicted octanol–water partition coefficient (Wildman–Crippen LogP) is 2.49. The number of nitrogens with zero attached hydrogens (tertiary/aromatic N) is 2. The van der Waals surface area contributed by atoms with Crippen molar-refractivity contribution in [3.63, 3.8) is 0 Å². The molecule has 0 spiro atoms. The number of carbonyl (C=O) groups is 3. The van der Waals surface area contributed by atoms with Crippen LogP contribution in [0.3, 0.4) is 0 Å². The van der Waals surface area contributed by atoms with E-state index < -0.39 is 11.9 Å². The molecule has 4 rings (SSSR count). The highest BCUT2D eigenvalue weighted by molar-refractivity contribution is 6.26. The highest BCUT2D eigenvalue weighted by Gasteiger charge is 2.44. The zero-order valence-electron chi connectivity index (χ0n) is 14.3. The molecular weight excluding hydrogens is 332 g/mol. The summed E-state index contributed by atoms with van der Waals surface area (Å²) in [7, 11) is 1.55. The molecule has 1 atom stereocenters. The van der Waals surface area contributed by atoms with Gasteiger partial charge in [0, 0.05) is 12.1 Å². The summed E-state index contributed by atoms with van der Waals surface area (Å²) in [5.74, 6) is -0.351. The van der Waals surface area contributed by atoms with Crippen LogP contribution in [-0.2, 0) is 4.79 Å². The van der Waals surface area contributed by atoms with Gasteiger partial charge in [0.05, 0.1) is 18.4 Å². The molecule has 0 aliphatic carbocycles. The Morgan fingerprint density at radius 3 is 2.54 bits per heavy atom. The summed E-state index contributed by atoms with van der Waals surface area (Å²) >= 11 is 0. The van der Waals surface area contributed by atoms with Crippen LogP contribution in [0.5, 0.6) is 5.75 Å². The molecule has 2 aliphatic rings. The number of para-hydroxylation sites is 1. The highest BCUT2D eigenvalue weighted by atomic mass is 16.5. The van der Waals surface area contributed by atoms with Crippen molar-refractivity contribution < 1.29 is 19.1 Å². The summed E-state index contributed by atoms with van der Waals surface area (Å²) < 4.78 is 5.12. The largest absolute Gasteiger partial charge is 0.497 e. The quantitative estimate of drug-likeness (QED) is 0.781. The molecule has 2 aliphatic heterocycles. The van der Waals surface area contributed by atoms with Crippen LogP contribution in [0.15, 0.2) is 48.5 Å². The lowest BCUT2D eigenvalue weighted by Gasteiger charge is -2.24. The lowest BCUT2D eigenvalue weighted by molar-refractivity contribution is -0.121. The van der Waals surface area contributed by atoms with Crippen LogP contribution < -0.4 is 9.64 Å². The first-order valence-corrected chi connectivity index (χ1v) is 8.54. The molecule has 1 fully saturated rings. The van der Waals surface area contributed by atoms with Gasteiger partial charge < -0.3 is 9.64 Å². The second kappa shape index (κ2) is 6.29. The topological polar surface area (TPSA) is 66.9 Å². The van der Waals surface area contributed by atoms with Crippen LogP contribution in [0.25, 0.3) is 0 Å². The van der Waals surface area contributed by atoms with Crippen molar-refractivity contribution in [2.75, 3.05) is 18.6 Å². The van der Waals surface area contributed by atoms with E-state index in [-0.39, 0.29) is 11.8 Å². The number of benzene rings is 2. The van der Waals surface area contributed by atoms with E-state index in [1.54, 1.807) is 60.5 Å². The number of hydrogen-bond acceptors (Lipinski definition) is 4. The van der Waals surface area contributed by atoms with Gasteiger partial charge in [0.15, 0.2) is 0 Å². The van der Waals surface area contributed by atoms with Crippen molar-refractivity contribution >= 4 is 23.4 Å². The summed E-state index contributed by atoms with van der Waals surface area (Å²) in [4.78, 5) is 41.9. The average Bonchev–Trinajstić information content (AvgIpc) is 3.15. The van der Waals surface area contributed by atoms with E-state index in [9.17, 15) is 14.4 Å². The third-order valence-electron chi connectivity index (χ3n) is 4.93. The molecule has 0 bridgehead atoms. The number of ether oxygens (including phenoxy) is 1. The standard InChI is InChI=1S/C20H18N2O4/c1-26-14-10-8-13(9-11-14)18(23)22-16-6-3-2-5-15(16)19(24)21-12-4-7-17(21)20(22)25/h2-3,5-6,8-11,17H,4,7,12H2,1H3/t17-/m1/s1. The molecule has 2 heterocycles. The zero-order valence-corrected chi connectivity index (χ0v) is 14.3. The van der Waals surface area contributed by atoms with E-state index in [1.165, 1.54) is 0 Å². The molecule has 6 nitrogen and oxygen atoms in total. The molecule has 0 saturated carbocycles. The Morgan fingerprint density at radius 2 is 1.81 bits per heavy atom. The SMILES string of the molecule is COc1ccc(C(=O)N2C(=O)[C@H]3CCCN3C(=O)c3ccccc32)cc1. The number of anilines is 1. The van der Waals surface area contributed by atoms with Gasteiger partial charge in [-0.25, -0.2) is 4.90 Å². The monoisotopic (exact) mass is 350 g/mol. The van der Waals surface area contributed by atoms with Crippen LogP contribution >= 0.6 is 0 Å². The minimum Gasteiger partial charge on any atom is -0.497 e. The Balaban J connectivity index is 1.82. The third kappa shape index (κ3) is 2.45. The maximum Gasteiger partial charge on any atom is 0.265 e. The first-order valence-electron chi connectivity index (χ1n) is 8.54. The first kappa shape index (κ1) is 16.3. The van der Waals surface area contributed by atoms with Gasteiger partial charge in [0.25, 0.3) is 17.7 Å². The van der Waals surface area contributed by atoms with Crippen molar-refractivity contribution in [2.45, 2.75) is 18.9 Å². The second-order valence-corrected chi connectivity index (χ2v) is 6.38. The van der Waals surface area contributed by atoms with Crippen molar-refractivity contribution in [2.24, 2.45) is 0 Å². The maximum absolute atomic E-state index is 13.2. The molecular formula is C20H18N2O4. The predicted molar refractivity (Wildman–Crippen MR) is 95.3 cm³/mol. The minimum absolute atomic E-state index is 0.193. The van der Waals surface area contributed by atoms with Gasteiger partial charge in [-0.3, -0.25) is 14.4 Å². The van der Waals surface area contributed by atoms with Gasteiger partial charge in [-0.2, -0.15) is 0 Å². The van der Waals surface area contributed by atoms with Crippen LogP contribution in [0.2, 0.25) is 0 Å². The molecule has 0 aromatic heterocycles. The normalized spacial score (nSPS) is 19.0. The fourth-order valence-electron chi connectivity index (χ4n) is 3.61. The van der Waals surface area contributed by atoms with E-state index in [2.05, 4.69) is 0 Å². The lowest BCUT2D eigenvalue weighted by atomic mass is 10.1. The summed E-state index contributed by atoms with van der Waals surface area (Å²) in [6.07, 6.45) is 1.33. The smallest absolute Gasteiger partial charge is 0.265 e. The lowest BCUT2D eigenvalue weighted by Crippen LogP contribution is -2.47. The number of hydrogen-bond donors (Lipinski definition) is 0. The van der Waals surface area contributed by atoms with Crippen LogP contribution in [0.4, 0.5) is 5.69 Å². The van der Waals surface area contributed by atoms with Gasteiger partial charge in [-0.05, 0) is 49.2 Å². The fourth-order valence-corrected chi connectivity index (χ4v) is 3.61. The van der Waals surface area contributed by atoms with E-state index in [4.69, 9.17) is 4.74 Å². The Kier molecular flexibility index (Phi) is 3.95. The molecule has 1 saturated heterocycles. The molecule has 26 heavy (non-hydrogen) atoms. The maximum atomic E-state index is 13.2. The molecule has 0 unspecified atom stereocenters. The van der Waals surface area contributed by atoms with Crippen LogP contribution in [0.1, 0.15) is 33.6 Å². The zero-order chi connectivity index (χ0) is 18.3. The number of amides is 3. The molecule has 2 aromatic rings. The minimum atomic E-state index is -0.586. The fraction of sp³-hybridized carbons (Fsp3) is 0.250. The number of rotatable bonds is 2. The second-order valence-electron chi connectivity index (χ2n) is 6.38. The Hall–Kier alpha value is -3.15. The van der Waals surface area contributed by atoms with Gasteiger partial charge in [-0.15, -0.1) is 0 Å². The highest BCUT2D eigenvalue weighted by Crippen LogP contribution is 2.33.